The quantitative estimate of drug-likeness (QED) is 0.671. The molecule has 0 saturated heterocycles. The van der Waals surface area contributed by atoms with Crippen LogP contribution in [-0.4, -0.2) is 29.7 Å². The van der Waals surface area contributed by atoms with Gasteiger partial charge >= 0.3 is 5.97 Å². The fourth-order valence-electron chi connectivity index (χ4n) is 1.56. The van der Waals surface area contributed by atoms with E-state index in [1.54, 1.807) is 0 Å². The van der Waals surface area contributed by atoms with Crippen LogP contribution < -0.4 is 5.32 Å². The molecule has 0 bridgehead atoms. The molecule has 1 atom stereocenters. The van der Waals surface area contributed by atoms with E-state index in [9.17, 15) is 14.0 Å². The van der Waals surface area contributed by atoms with E-state index in [0.717, 1.165) is 12.8 Å². The van der Waals surface area contributed by atoms with Gasteiger partial charge in [0, 0.05) is 5.92 Å². The zero-order valence-electron chi connectivity index (χ0n) is 9.83. The molecule has 0 aliphatic carbocycles. The lowest BCUT2D eigenvalue weighted by atomic mass is 9.97. The number of aliphatic carboxylic acids is 1. The van der Waals surface area contributed by atoms with Gasteiger partial charge in [0.15, 0.2) is 6.04 Å². The third kappa shape index (κ3) is 5.09. The normalized spacial score (nSPS) is 12.5. The Labute approximate surface area is 95.2 Å². The number of carboxylic acid groups (broad SMARTS) is 1. The number of hydrogen-bond acceptors (Lipinski definition) is 2. The summed E-state index contributed by atoms with van der Waals surface area (Å²) in [4.78, 5) is 22.2. The molecule has 0 aromatic heterocycles. The molecular formula is C11H20FNO3. The molecule has 16 heavy (non-hydrogen) atoms. The largest absolute Gasteiger partial charge is 0.480 e. The van der Waals surface area contributed by atoms with Crippen molar-refractivity contribution in [3.63, 3.8) is 0 Å². The molecular weight excluding hydrogens is 213 g/mol. The van der Waals surface area contributed by atoms with Gasteiger partial charge in [-0.2, -0.15) is 0 Å². The minimum Gasteiger partial charge on any atom is -0.480 e. The van der Waals surface area contributed by atoms with Crippen LogP contribution in [0.1, 0.15) is 39.5 Å². The first-order valence-corrected chi connectivity index (χ1v) is 5.65. The van der Waals surface area contributed by atoms with Crippen molar-refractivity contribution in [1.82, 2.24) is 5.32 Å². The highest BCUT2D eigenvalue weighted by molar-refractivity contribution is 5.85. The van der Waals surface area contributed by atoms with Crippen LogP contribution in [0.5, 0.6) is 0 Å². The molecule has 0 fully saturated rings. The van der Waals surface area contributed by atoms with Crippen LogP contribution in [0.3, 0.4) is 0 Å². The highest BCUT2D eigenvalue weighted by Crippen LogP contribution is 2.13. The summed E-state index contributed by atoms with van der Waals surface area (Å²) in [7, 11) is 0. The number of carbonyl (C=O) groups excluding carboxylic acids is 1. The summed E-state index contributed by atoms with van der Waals surface area (Å²) in [6.07, 6.45) is 3.12. The second-order valence-electron chi connectivity index (χ2n) is 3.83. The molecule has 0 heterocycles. The maximum Gasteiger partial charge on any atom is 0.328 e. The van der Waals surface area contributed by atoms with Crippen molar-refractivity contribution in [2.45, 2.75) is 45.6 Å². The van der Waals surface area contributed by atoms with Crippen LogP contribution in [-0.2, 0) is 9.59 Å². The molecule has 0 aliphatic heterocycles. The van der Waals surface area contributed by atoms with Crippen molar-refractivity contribution in [2.24, 2.45) is 5.92 Å². The first kappa shape index (κ1) is 14.9. The molecule has 1 amide bonds. The fourth-order valence-corrected chi connectivity index (χ4v) is 1.56. The SMILES string of the molecule is CCCC(CCC)C(=O)NC(CF)C(=O)O. The minimum absolute atomic E-state index is 0.205. The zero-order valence-corrected chi connectivity index (χ0v) is 9.83. The van der Waals surface area contributed by atoms with Crippen molar-refractivity contribution < 1.29 is 19.1 Å². The van der Waals surface area contributed by atoms with E-state index in [-0.39, 0.29) is 11.8 Å². The lowest BCUT2D eigenvalue weighted by Gasteiger charge is -2.17. The summed E-state index contributed by atoms with van der Waals surface area (Å²) in [6, 6.07) is -1.41. The van der Waals surface area contributed by atoms with Crippen molar-refractivity contribution in [3.05, 3.63) is 0 Å². The van der Waals surface area contributed by atoms with Crippen molar-refractivity contribution >= 4 is 11.9 Å². The highest BCUT2D eigenvalue weighted by Gasteiger charge is 2.24. The standard InChI is InChI=1S/C11H20FNO3/c1-3-5-8(6-4-2)10(14)13-9(7-12)11(15)16/h8-9H,3-7H2,1-2H3,(H,13,14)(H,15,16). The summed E-state index contributed by atoms with van der Waals surface area (Å²) in [5, 5.41) is 10.8. The third-order valence-corrected chi connectivity index (χ3v) is 2.41. The van der Waals surface area contributed by atoms with Crippen LogP contribution in [0.4, 0.5) is 4.39 Å². The monoisotopic (exact) mass is 233 g/mol. The van der Waals surface area contributed by atoms with E-state index in [1.165, 1.54) is 0 Å². The van der Waals surface area contributed by atoms with Crippen LogP contribution in [0.15, 0.2) is 0 Å². The van der Waals surface area contributed by atoms with Crippen LogP contribution in [0.25, 0.3) is 0 Å². The lowest BCUT2D eigenvalue weighted by Crippen LogP contribution is -2.45. The van der Waals surface area contributed by atoms with E-state index in [4.69, 9.17) is 5.11 Å². The van der Waals surface area contributed by atoms with Crippen LogP contribution >= 0.6 is 0 Å². The Kier molecular flexibility index (Phi) is 7.50. The molecule has 0 aromatic carbocycles. The number of carbonyl (C=O) groups is 2. The van der Waals surface area contributed by atoms with E-state index in [1.807, 2.05) is 13.8 Å². The Balaban J connectivity index is 4.32. The van der Waals surface area contributed by atoms with Gasteiger partial charge in [-0.25, -0.2) is 9.18 Å². The second kappa shape index (κ2) is 8.07. The Bertz CT molecular complexity index is 227. The van der Waals surface area contributed by atoms with E-state index in [0.29, 0.717) is 12.8 Å². The van der Waals surface area contributed by atoms with Gasteiger partial charge in [0.25, 0.3) is 0 Å². The summed E-state index contributed by atoms with van der Waals surface area (Å²) in [6.45, 7) is 2.84. The lowest BCUT2D eigenvalue weighted by molar-refractivity contribution is -0.143. The molecule has 0 aromatic rings. The third-order valence-electron chi connectivity index (χ3n) is 2.41. The van der Waals surface area contributed by atoms with Gasteiger partial charge in [0.05, 0.1) is 0 Å². The van der Waals surface area contributed by atoms with Gasteiger partial charge < -0.3 is 10.4 Å². The smallest absolute Gasteiger partial charge is 0.328 e. The minimum atomic E-state index is -1.41. The molecule has 5 heteroatoms. The number of amides is 1. The zero-order chi connectivity index (χ0) is 12.6. The number of halogens is 1. The van der Waals surface area contributed by atoms with Crippen molar-refractivity contribution in [3.8, 4) is 0 Å². The predicted octanol–water partition coefficient (Wildman–Crippen LogP) is 1.74. The number of alkyl halides is 1. The van der Waals surface area contributed by atoms with Crippen LogP contribution in [0.2, 0.25) is 0 Å². The van der Waals surface area contributed by atoms with Gasteiger partial charge in [-0.1, -0.05) is 26.7 Å². The van der Waals surface area contributed by atoms with Gasteiger partial charge in [-0.3, -0.25) is 4.79 Å². The van der Waals surface area contributed by atoms with Gasteiger partial charge in [0.2, 0.25) is 5.91 Å². The van der Waals surface area contributed by atoms with E-state index in [2.05, 4.69) is 5.32 Å². The highest BCUT2D eigenvalue weighted by atomic mass is 19.1. The van der Waals surface area contributed by atoms with Gasteiger partial charge in [0.1, 0.15) is 6.67 Å². The topological polar surface area (TPSA) is 66.4 Å². The molecule has 2 N–H and O–H groups in total. The molecule has 94 valence electrons. The van der Waals surface area contributed by atoms with Crippen LogP contribution in [0, 0.1) is 5.92 Å². The average molecular weight is 233 g/mol. The predicted molar refractivity (Wildman–Crippen MR) is 58.8 cm³/mol. The number of nitrogens with one attached hydrogen (secondary N) is 1. The summed E-state index contributed by atoms with van der Waals surface area (Å²) < 4.78 is 12.3. The summed E-state index contributed by atoms with van der Waals surface area (Å²) >= 11 is 0. The maximum absolute atomic E-state index is 12.3. The van der Waals surface area contributed by atoms with Crippen molar-refractivity contribution in [2.75, 3.05) is 6.67 Å². The molecule has 0 saturated carbocycles. The Hall–Kier alpha value is -1.13. The van der Waals surface area contributed by atoms with Gasteiger partial charge in [-0.05, 0) is 12.8 Å². The molecule has 0 rings (SSSR count). The van der Waals surface area contributed by atoms with Gasteiger partial charge in [-0.15, -0.1) is 0 Å². The molecule has 0 spiro atoms. The summed E-state index contributed by atoms with van der Waals surface area (Å²) in [5.41, 5.74) is 0. The number of rotatable bonds is 8. The molecule has 1 unspecified atom stereocenters. The maximum atomic E-state index is 12.3. The first-order valence-electron chi connectivity index (χ1n) is 5.65. The first-order chi connectivity index (χ1) is 7.56. The number of carboxylic acids is 1. The second-order valence-corrected chi connectivity index (χ2v) is 3.83. The summed E-state index contributed by atoms with van der Waals surface area (Å²) in [5.74, 6) is -1.89. The Morgan fingerprint density at radius 1 is 1.25 bits per heavy atom. The van der Waals surface area contributed by atoms with E-state index >= 15 is 0 Å². The Morgan fingerprint density at radius 2 is 1.75 bits per heavy atom. The molecule has 4 nitrogen and oxygen atoms in total. The Morgan fingerprint density at radius 3 is 2.06 bits per heavy atom. The molecule has 0 radical (unpaired) electrons. The van der Waals surface area contributed by atoms with Crippen molar-refractivity contribution in [1.29, 1.82) is 0 Å². The average Bonchev–Trinajstić information content (AvgIpc) is 2.24. The fraction of sp³-hybridized carbons (Fsp3) is 0.818. The number of hydrogen-bond donors (Lipinski definition) is 2. The molecule has 0 aliphatic rings. The van der Waals surface area contributed by atoms with E-state index < -0.39 is 18.7 Å².